The minimum Gasteiger partial charge on any atom is -0.392 e. The van der Waals surface area contributed by atoms with E-state index in [1.54, 1.807) is 19.2 Å². The average Bonchev–Trinajstić information content (AvgIpc) is 2.19. The summed E-state index contributed by atoms with van der Waals surface area (Å²) in [5, 5.41) is 0.540. The van der Waals surface area contributed by atoms with Gasteiger partial charge in [-0.15, -0.1) is 0 Å². The van der Waals surface area contributed by atoms with Gasteiger partial charge in [-0.1, -0.05) is 29.9 Å². The molecule has 0 aromatic heterocycles. The van der Waals surface area contributed by atoms with Crippen LogP contribution in [-0.4, -0.2) is 29.4 Å². The highest BCUT2D eigenvalue weighted by Crippen LogP contribution is 2.16. The fourth-order valence-electron chi connectivity index (χ4n) is 1.34. The number of hydrogen-bond donors (Lipinski definition) is 1. The normalized spacial score (nSPS) is 9.94. The van der Waals surface area contributed by atoms with E-state index in [-0.39, 0.29) is 17.4 Å². The summed E-state index contributed by atoms with van der Waals surface area (Å²) in [7, 11) is 1.65. The Morgan fingerprint density at radius 3 is 2.75 bits per heavy atom. The molecule has 1 rings (SSSR count). The zero-order valence-electron chi connectivity index (χ0n) is 9.16. The molecule has 0 heterocycles. The number of benzene rings is 1. The minimum absolute atomic E-state index is 0.132. The second-order valence-corrected chi connectivity index (χ2v) is 4.55. The van der Waals surface area contributed by atoms with E-state index in [2.05, 4.69) is 0 Å². The molecule has 0 saturated carbocycles. The molecule has 16 heavy (non-hydrogen) atoms. The van der Waals surface area contributed by atoms with Crippen LogP contribution in [0.4, 0.5) is 0 Å². The molecular formula is C11H13ClN2OS. The number of hydrogen-bond acceptors (Lipinski definition) is 2. The molecule has 0 aliphatic rings. The Hall–Kier alpha value is -1.13. The number of aryl methyl sites for hydroxylation is 1. The van der Waals surface area contributed by atoms with E-state index in [9.17, 15) is 4.79 Å². The molecule has 0 bridgehead atoms. The largest absolute Gasteiger partial charge is 0.392 e. The molecule has 0 saturated heterocycles. The highest BCUT2D eigenvalue weighted by molar-refractivity contribution is 7.80. The van der Waals surface area contributed by atoms with Gasteiger partial charge in [-0.25, -0.2) is 0 Å². The zero-order chi connectivity index (χ0) is 12.3. The molecule has 0 aliphatic heterocycles. The van der Waals surface area contributed by atoms with Gasteiger partial charge < -0.3 is 10.6 Å². The number of likely N-dealkylation sites (N-methyl/N-ethyl adjacent to an activating group) is 1. The lowest BCUT2D eigenvalue weighted by Crippen LogP contribution is -2.34. The van der Waals surface area contributed by atoms with Gasteiger partial charge in [0.1, 0.15) is 0 Å². The second kappa shape index (κ2) is 5.27. The van der Waals surface area contributed by atoms with E-state index in [1.807, 2.05) is 13.0 Å². The lowest BCUT2D eigenvalue weighted by molar-refractivity contribution is 0.0814. The first-order valence-electron chi connectivity index (χ1n) is 4.71. The van der Waals surface area contributed by atoms with Crippen LogP contribution < -0.4 is 5.73 Å². The molecule has 5 heteroatoms. The number of halogens is 1. The first kappa shape index (κ1) is 12.9. The number of rotatable bonds is 3. The highest BCUT2D eigenvalue weighted by atomic mass is 35.5. The molecule has 0 radical (unpaired) electrons. The van der Waals surface area contributed by atoms with Crippen molar-refractivity contribution in [1.29, 1.82) is 0 Å². The van der Waals surface area contributed by atoms with E-state index >= 15 is 0 Å². The van der Waals surface area contributed by atoms with E-state index in [4.69, 9.17) is 29.6 Å². The van der Waals surface area contributed by atoms with Crippen LogP contribution >= 0.6 is 23.8 Å². The first-order valence-corrected chi connectivity index (χ1v) is 5.50. The van der Waals surface area contributed by atoms with Crippen LogP contribution in [0.3, 0.4) is 0 Å². The topological polar surface area (TPSA) is 46.3 Å². The number of amides is 1. The molecule has 0 fully saturated rings. The Morgan fingerprint density at radius 2 is 2.19 bits per heavy atom. The summed E-state index contributed by atoms with van der Waals surface area (Å²) < 4.78 is 0. The number of nitrogens with two attached hydrogens (primary N) is 1. The summed E-state index contributed by atoms with van der Waals surface area (Å²) in [6.07, 6.45) is 0. The molecule has 3 nitrogen and oxygen atoms in total. The summed E-state index contributed by atoms with van der Waals surface area (Å²) >= 11 is 10.6. The summed E-state index contributed by atoms with van der Waals surface area (Å²) in [4.78, 5) is 13.8. The van der Waals surface area contributed by atoms with Gasteiger partial charge in [-0.2, -0.15) is 0 Å². The third-order valence-corrected chi connectivity index (χ3v) is 2.53. The van der Waals surface area contributed by atoms with Crippen molar-refractivity contribution >= 4 is 34.7 Å². The van der Waals surface area contributed by atoms with Crippen molar-refractivity contribution in [3.05, 3.63) is 34.3 Å². The lowest BCUT2D eigenvalue weighted by atomic mass is 10.1. The van der Waals surface area contributed by atoms with Gasteiger partial charge in [0.2, 0.25) is 0 Å². The minimum atomic E-state index is -0.132. The Kier molecular flexibility index (Phi) is 4.26. The third kappa shape index (κ3) is 3.18. The number of carbonyl (C=O) groups is 1. The monoisotopic (exact) mass is 256 g/mol. The predicted molar refractivity (Wildman–Crippen MR) is 69.9 cm³/mol. The van der Waals surface area contributed by atoms with E-state index < -0.39 is 0 Å². The van der Waals surface area contributed by atoms with Crippen molar-refractivity contribution in [3.8, 4) is 0 Å². The third-order valence-electron chi connectivity index (χ3n) is 2.17. The van der Waals surface area contributed by atoms with Gasteiger partial charge in [-0.3, -0.25) is 4.79 Å². The Bertz CT molecular complexity index is 434. The van der Waals surface area contributed by atoms with Gasteiger partial charge >= 0.3 is 0 Å². The quantitative estimate of drug-likeness (QED) is 0.842. The summed E-state index contributed by atoms with van der Waals surface area (Å²) in [5.74, 6) is -0.132. The van der Waals surface area contributed by atoms with Gasteiger partial charge in [0, 0.05) is 17.6 Å². The maximum Gasteiger partial charge on any atom is 0.254 e. The van der Waals surface area contributed by atoms with Gasteiger partial charge in [0.05, 0.1) is 11.5 Å². The van der Waals surface area contributed by atoms with Crippen LogP contribution in [-0.2, 0) is 0 Å². The Balaban J connectivity index is 2.95. The van der Waals surface area contributed by atoms with E-state index in [0.29, 0.717) is 10.6 Å². The van der Waals surface area contributed by atoms with Crippen LogP contribution in [0, 0.1) is 6.92 Å². The van der Waals surface area contributed by atoms with Crippen molar-refractivity contribution < 1.29 is 4.79 Å². The smallest absolute Gasteiger partial charge is 0.254 e. The number of carbonyl (C=O) groups excluding carboxylic acids is 1. The van der Waals surface area contributed by atoms with Gasteiger partial charge in [0.15, 0.2) is 0 Å². The summed E-state index contributed by atoms with van der Waals surface area (Å²) in [6.45, 7) is 2.12. The first-order chi connectivity index (χ1) is 7.41. The molecule has 1 aromatic carbocycles. The highest BCUT2D eigenvalue weighted by Gasteiger charge is 2.14. The molecule has 1 amide bonds. The fourth-order valence-corrected chi connectivity index (χ4v) is 1.70. The van der Waals surface area contributed by atoms with Crippen molar-refractivity contribution in [2.24, 2.45) is 5.73 Å². The molecule has 1 aromatic rings. The molecule has 86 valence electrons. The van der Waals surface area contributed by atoms with Crippen molar-refractivity contribution in [1.82, 2.24) is 4.90 Å². The van der Waals surface area contributed by atoms with Crippen molar-refractivity contribution in [2.45, 2.75) is 6.92 Å². The number of nitrogens with zero attached hydrogens (tertiary/aromatic N) is 1. The van der Waals surface area contributed by atoms with Crippen LogP contribution in [0.25, 0.3) is 0 Å². The predicted octanol–water partition coefficient (Wildman–Crippen LogP) is 2.01. The zero-order valence-corrected chi connectivity index (χ0v) is 10.7. The van der Waals surface area contributed by atoms with Crippen LogP contribution in [0.15, 0.2) is 18.2 Å². The summed E-state index contributed by atoms with van der Waals surface area (Å²) in [6, 6.07) is 5.21. The number of thiocarbonyl (C=S) groups is 1. The van der Waals surface area contributed by atoms with Crippen LogP contribution in [0.5, 0.6) is 0 Å². The van der Waals surface area contributed by atoms with Crippen molar-refractivity contribution in [3.63, 3.8) is 0 Å². The van der Waals surface area contributed by atoms with E-state index in [1.165, 1.54) is 4.90 Å². The molecule has 0 atom stereocenters. The molecule has 2 N–H and O–H groups in total. The molecular weight excluding hydrogens is 244 g/mol. The molecule has 0 unspecified atom stereocenters. The van der Waals surface area contributed by atoms with Gasteiger partial charge in [-0.05, 0) is 24.6 Å². The van der Waals surface area contributed by atoms with Crippen molar-refractivity contribution in [2.75, 3.05) is 13.6 Å². The molecule has 0 spiro atoms. The standard InChI is InChI=1S/C11H13ClN2OS/c1-7-3-4-8(12)5-9(7)11(15)14(2)6-10(13)16/h3-5H,6H2,1-2H3,(H2,13,16). The average molecular weight is 257 g/mol. The van der Waals surface area contributed by atoms with Crippen LogP contribution in [0.2, 0.25) is 5.02 Å². The maximum absolute atomic E-state index is 12.0. The van der Waals surface area contributed by atoms with Gasteiger partial charge in [0.25, 0.3) is 5.91 Å². The fraction of sp³-hybridized carbons (Fsp3) is 0.273. The summed E-state index contributed by atoms with van der Waals surface area (Å²) in [5.41, 5.74) is 6.84. The lowest BCUT2D eigenvalue weighted by Gasteiger charge is -2.17. The second-order valence-electron chi connectivity index (χ2n) is 3.59. The SMILES string of the molecule is Cc1ccc(Cl)cc1C(=O)N(C)CC(N)=S. The Morgan fingerprint density at radius 1 is 1.56 bits per heavy atom. The molecule has 0 aliphatic carbocycles. The van der Waals surface area contributed by atoms with Crippen LogP contribution in [0.1, 0.15) is 15.9 Å². The Labute approximate surface area is 105 Å². The maximum atomic E-state index is 12.0. The van der Waals surface area contributed by atoms with E-state index in [0.717, 1.165) is 5.56 Å².